The molecule has 0 heterocycles. The van der Waals surface area contributed by atoms with E-state index in [1.54, 1.807) is 7.05 Å². The van der Waals surface area contributed by atoms with E-state index in [0.29, 0.717) is 0 Å². The second-order valence-corrected chi connectivity index (χ2v) is 1.40. The predicted molar refractivity (Wildman–Crippen MR) is 46.6 cm³/mol. The summed E-state index contributed by atoms with van der Waals surface area (Å²) < 4.78 is 5.09. The van der Waals surface area contributed by atoms with Crippen molar-refractivity contribution in [1.82, 2.24) is 0 Å². The van der Waals surface area contributed by atoms with Gasteiger partial charge in [0.15, 0.2) is 5.90 Å². The van der Waals surface area contributed by atoms with Gasteiger partial charge in [-0.2, -0.15) is 0 Å². The van der Waals surface area contributed by atoms with Crippen LogP contribution < -0.4 is 0 Å². The van der Waals surface area contributed by atoms with Crippen LogP contribution in [0.15, 0.2) is 4.99 Å². The van der Waals surface area contributed by atoms with Crippen LogP contribution in [0, 0.1) is 0 Å². The fourth-order valence-electron chi connectivity index (χ4n) is 0.491. The lowest BCUT2D eigenvalue weighted by Gasteiger charge is -2.00. The molecule has 0 aliphatic rings. The quantitative estimate of drug-likeness (QED) is 0.432. The molecule has 0 saturated heterocycles. The van der Waals surface area contributed by atoms with Gasteiger partial charge in [-0.15, -0.1) is 0 Å². The van der Waals surface area contributed by atoms with Crippen LogP contribution in [0.3, 0.4) is 0 Å². The van der Waals surface area contributed by atoms with Gasteiger partial charge in [0.05, 0.1) is 6.61 Å². The predicted octanol–water partition coefficient (Wildman–Crippen LogP) is 2.49. The average Bonchev–Trinajstić information content (AvgIpc) is 2.04. The molecule has 0 saturated carbocycles. The summed E-state index contributed by atoms with van der Waals surface area (Å²) in [6.45, 7) is 8.71. The summed E-state index contributed by atoms with van der Waals surface area (Å²) in [7, 11) is 1.74. The Morgan fingerprint density at radius 1 is 1.30 bits per heavy atom. The summed E-state index contributed by atoms with van der Waals surface area (Å²) in [5, 5.41) is 0. The Hall–Kier alpha value is -0.530. The van der Waals surface area contributed by atoms with Crippen molar-refractivity contribution in [1.29, 1.82) is 0 Å². The van der Waals surface area contributed by atoms with Gasteiger partial charge < -0.3 is 4.74 Å². The first-order valence-corrected chi connectivity index (χ1v) is 3.93. The van der Waals surface area contributed by atoms with Crippen LogP contribution in [0.25, 0.3) is 0 Å². The monoisotopic (exact) mass is 145 g/mol. The van der Waals surface area contributed by atoms with E-state index in [1.165, 1.54) is 0 Å². The minimum atomic E-state index is 0.723. The van der Waals surface area contributed by atoms with E-state index in [4.69, 9.17) is 4.74 Å². The fraction of sp³-hybridized carbons (Fsp3) is 0.875. The highest BCUT2D eigenvalue weighted by atomic mass is 16.5. The molecule has 0 radical (unpaired) electrons. The first kappa shape index (κ1) is 12.2. The van der Waals surface area contributed by atoms with Crippen molar-refractivity contribution in [2.45, 2.75) is 34.1 Å². The lowest BCUT2D eigenvalue weighted by Crippen LogP contribution is -2.01. The molecule has 2 heteroatoms. The number of ether oxygens (including phenoxy) is 1. The van der Waals surface area contributed by atoms with Crippen LogP contribution in [0.2, 0.25) is 0 Å². The van der Waals surface area contributed by atoms with Crippen LogP contribution in [0.5, 0.6) is 0 Å². The summed E-state index contributed by atoms with van der Waals surface area (Å²) in [6, 6.07) is 0. The zero-order valence-corrected chi connectivity index (χ0v) is 7.77. The normalized spacial score (nSPS) is 9.90. The third-order valence-electron chi connectivity index (χ3n) is 0.863. The van der Waals surface area contributed by atoms with Gasteiger partial charge in [0.25, 0.3) is 0 Å². The number of rotatable bonds is 2. The van der Waals surface area contributed by atoms with Crippen molar-refractivity contribution in [2.24, 2.45) is 4.99 Å². The van der Waals surface area contributed by atoms with Gasteiger partial charge in [-0.3, -0.25) is 4.99 Å². The highest BCUT2D eigenvalue weighted by Crippen LogP contribution is 1.85. The summed E-state index contributed by atoms with van der Waals surface area (Å²) in [5.74, 6) is 0.840. The van der Waals surface area contributed by atoms with Crippen LogP contribution in [0.1, 0.15) is 34.1 Å². The Morgan fingerprint density at radius 3 is 1.90 bits per heavy atom. The lowest BCUT2D eigenvalue weighted by molar-refractivity contribution is 0.318. The maximum absolute atomic E-state index is 5.09. The first-order chi connectivity index (χ1) is 4.85. The number of hydrogen-bond acceptors (Lipinski definition) is 2. The van der Waals surface area contributed by atoms with Gasteiger partial charge in [0.2, 0.25) is 0 Å². The van der Waals surface area contributed by atoms with Gasteiger partial charge in [0, 0.05) is 13.5 Å². The summed E-state index contributed by atoms with van der Waals surface area (Å²) in [4.78, 5) is 3.89. The topological polar surface area (TPSA) is 21.6 Å². The second-order valence-electron chi connectivity index (χ2n) is 1.40. The van der Waals surface area contributed by atoms with Gasteiger partial charge in [-0.25, -0.2) is 0 Å². The molecule has 0 fully saturated rings. The van der Waals surface area contributed by atoms with Gasteiger partial charge in [-0.1, -0.05) is 20.8 Å². The summed E-state index contributed by atoms with van der Waals surface area (Å²) in [6.07, 6.45) is 0.893. The Labute approximate surface area is 64.3 Å². The molecular weight excluding hydrogens is 126 g/mol. The second kappa shape index (κ2) is 11.3. The standard InChI is InChI=1S/C6H13NO.C2H6/c1-4-6(7-3)8-5-2;1-2/h4-5H2,1-3H3;1-2H3. The Kier molecular flexibility index (Phi) is 13.7. The molecule has 0 unspecified atom stereocenters. The number of hydrogen-bond donors (Lipinski definition) is 0. The van der Waals surface area contributed by atoms with E-state index < -0.39 is 0 Å². The highest BCUT2D eigenvalue weighted by molar-refractivity contribution is 5.75. The van der Waals surface area contributed by atoms with Crippen molar-refractivity contribution >= 4 is 5.90 Å². The van der Waals surface area contributed by atoms with Crippen molar-refractivity contribution in [3.63, 3.8) is 0 Å². The molecule has 2 nitrogen and oxygen atoms in total. The van der Waals surface area contributed by atoms with E-state index >= 15 is 0 Å². The molecular formula is C8H19NO. The SMILES string of the molecule is CC.CCOC(CC)=NC. The molecule has 10 heavy (non-hydrogen) atoms. The van der Waals surface area contributed by atoms with E-state index in [1.807, 2.05) is 27.7 Å². The van der Waals surface area contributed by atoms with Crippen molar-refractivity contribution < 1.29 is 4.74 Å². The molecule has 62 valence electrons. The molecule has 0 spiro atoms. The number of aliphatic imine (C=N–C) groups is 1. The zero-order chi connectivity index (χ0) is 8.41. The van der Waals surface area contributed by atoms with Crippen LogP contribution >= 0.6 is 0 Å². The third kappa shape index (κ3) is 7.47. The van der Waals surface area contributed by atoms with E-state index in [-0.39, 0.29) is 0 Å². The average molecular weight is 145 g/mol. The van der Waals surface area contributed by atoms with Crippen LogP contribution in [-0.2, 0) is 4.74 Å². The van der Waals surface area contributed by atoms with Crippen molar-refractivity contribution in [2.75, 3.05) is 13.7 Å². The lowest BCUT2D eigenvalue weighted by atomic mass is 10.5. The molecule has 0 amide bonds. The fourth-order valence-corrected chi connectivity index (χ4v) is 0.491. The maximum Gasteiger partial charge on any atom is 0.182 e. The Morgan fingerprint density at radius 2 is 1.80 bits per heavy atom. The molecule has 0 bridgehead atoms. The molecule has 0 aliphatic heterocycles. The molecule has 0 aromatic carbocycles. The van der Waals surface area contributed by atoms with E-state index in [2.05, 4.69) is 4.99 Å². The number of nitrogens with zero attached hydrogens (tertiary/aromatic N) is 1. The zero-order valence-electron chi connectivity index (χ0n) is 7.77. The third-order valence-corrected chi connectivity index (χ3v) is 0.863. The van der Waals surface area contributed by atoms with E-state index in [9.17, 15) is 0 Å². The Balaban J connectivity index is 0. The summed E-state index contributed by atoms with van der Waals surface area (Å²) >= 11 is 0. The van der Waals surface area contributed by atoms with E-state index in [0.717, 1.165) is 18.9 Å². The summed E-state index contributed by atoms with van der Waals surface area (Å²) in [5.41, 5.74) is 0. The van der Waals surface area contributed by atoms with Crippen LogP contribution in [0.4, 0.5) is 0 Å². The van der Waals surface area contributed by atoms with Gasteiger partial charge in [0.1, 0.15) is 0 Å². The maximum atomic E-state index is 5.09. The van der Waals surface area contributed by atoms with Crippen LogP contribution in [-0.4, -0.2) is 19.6 Å². The molecule has 0 aromatic rings. The van der Waals surface area contributed by atoms with Gasteiger partial charge in [-0.05, 0) is 6.92 Å². The highest BCUT2D eigenvalue weighted by Gasteiger charge is 1.88. The smallest absolute Gasteiger partial charge is 0.182 e. The first-order valence-electron chi connectivity index (χ1n) is 3.93. The molecule has 0 rings (SSSR count). The molecule has 0 aliphatic carbocycles. The van der Waals surface area contributed by atoms with Crippen molar-refractivity contribution in [3.05, 3.63) is 0 Å². The minimum absolute atomic E-state index is 0.723. The van der Waals surface area contributed by atoms with Gasteiger partial charge >= 0.3 is 0 Å². The molecule has 0 N–H and O–H groups in total. The largest absolute Gasteiger partial charge is 0.481 e. The Bertz CT molecular complexity index is 79.3. The van der Waals surface area contributed by atoms with Crippen molar-refractivity contribution in [3.8, 4) is 0 Å². The minimum Gasteiger partial charge on any atom is -0.481 e. The molecule has 0 atom stereocenters. The molecule has 0 aromatic heterocycles.